The van der Waals surface area contributed by atoms with Gasteiger partial charge in [-0.1, -0.05) is 101 Å². The number of urea groups is 1. The van der Waals surface area contributed by atoms with Crippen LogP contribution < -0.4 is 10.6 Å². The second-order valence-corrected chi connectivity index (χ2v) is 8.39. The molecule has 0 atom stereocenters. The minimum absolute atomic E-state index is 0.228. The topological polar surface area (TPSA) is 66.9 Å². The Morgan fingerprint density at radius 3 is 2.19 bits per heavy atom. The van der Waals surface area contributed by atoms with Gasteiger partial charge in [0, 0.05) is 6.54 Å². The van der Waals surface area contributed by atoms with Gasteiger partial charge < -0.3 is 5.32 Å². The maximum Gasteiger partial charge on any atom is 0.320 e. The molecular weight excluding hydrogens is 396 g/mol. The highest BCUT2D eigenvalue weighted by molar-refractivity contribution is 5.89. The zero-order valence-electron chi connectivity index (χ0n) is 19.3. The van der Waals surface area contributed by atoms with Gasteiger partial charge >= 0.3 is 6.03 Å². The van der Waals surface area contributed by atoms with Crippen molar-refractivity contribution in [1.82, 2.24) is 15.3 Å². The number of unbranched alkanes of at least 4 members (excludes halogenated alkanes) is 9. The molecule has 0 fully saturated rings. The summed E-state index contributed by atoms with van der Waals surface area (Å²) < 4.78 is 0. The Labute approximate surface area is 192 Å². The maximum absolute atomic E-state index is 12.2. The van der Waals surface area contributed by atoms with Gasteiger partial charge in [-0.05, 0) is 29.7 Å². The number of hydrogen-bond acceptors (Lipinski definition) is 3. The molecular formula is C27H36N4O. The highest BCUT2D eigenvalue weighted by Crippen LogP contribution is 2.23. The molecule has 0 saturated carbocycles. The molecule has 1 heterocycles. The molecule has 3 rings (SSSR count). The monoisotopic (exact) mass is 432 g/mol. The number of benzene rings is 2. The van der Waals surface area contributed by atoms with Crippen LogP contribution in [0.2, 0.25) is 0 Å². The summed E-state index contributed by atoms with van der Waals surface area (Å²) in [7, 11) is 0. The Morgan fingerprint density at radius 1 is 0.781 bits per heavy atom. The van der Waals surface area contributed by atoms with E-state index in [0.29, 0.717) is 12.4 Å². The fourth-order valence-corrected chi connectivity index (χ4v) is 3.86. The third kappa shape index (κ3) is 7.95. The molecule has 5 heteroatoms. The summed E-state index contributed by atoms with van der Waals surface area (Å²) in [5.74, 6) is 0.461. The minimum Gasteiger partial charge on any atom is -0.338 e. The largest absolute Gasteiger partial charge is 0.338 e. The molecule has 0 radical (unpaired) electrons. The van der Waals surface area contributed by atoms with Crippen molar-refractivity contribution in [3.05, 3.63) is 54.7 Å². The average Bonchev–Trinajstić information content (AvgIpc) is 2.82. The van der Waals surface area contributed by atoms with Crippen LogP contribution in [0.3, 0.4) is 0 Å². The van der Waals surface area contributed by atoms with E-state index in [-0.39, 0.29) is 6.03 Å². The Morgan fingerprint density at radius 2 is 1.47 bits per heavy atom. The summed E-state index contributed by atoms with van der Waals surface area (Å²) in [5, 5.41) is 5.73. The first-order chi connectivity index (χ1) is 15.8. The van der Waals surface area contributed by atoms with Crippen LogP contribution >= 0.6 is 0 Å². The predicted octanol–water partition coefficient (Wildman–Crippen LogP) is 7.34. The lowest BCUT2D eigenvalue weighted by Gasteiger charge is -2.08. The summed E-state index contributed by atoms with van der Waals surface area (Å²) in [5.41, 5.74) is 3.78. The fraction of sp³-hybridized carbons (Fsp3) is 0.444. The van der Waals surface area contributed by atoms with Crippen LogP contribution in [0.1, 0.15) is 71.1 Å². The zero-order chi connectivity index (χ0) is 22.4. The molecule has 5 nitrogen and oxygen atoms in total. The number of hydrogen-bond donors (Lipinski definition) is 2. The van der Waals surface area contributed by atoms with Gasteiger partial charge in [-0.3, -0.25) is 10.3 Å². The number of amides is 2. The van der Waals surface area contributed by atoms with Crippen LogP contribution in [0.5, 0.6) is 0 Å². The highest BCUT2D eigenvalue weighted by atomic mass is 16.2. The fourth-order valence-electron chi connectivity index (χ4n) is 3.86. The molecule has 32 heavy (non-hydrogen) atoms. The Hall–Kier alpha value is -2.95. The second-order valence-electron chi connectivity index (χ2n) is 8.39. The lowest BCUT2D eigenvalue weighted by molar-refractivity contribution is 0.252. The summed E-state index contributed by atoms with van der Waals surface area (Å²) >= 11 is 0. The van der Waals surface area contributed by atoms with Crippen molar-refractivity contribution in [2.75, 3.05) is 11.9 Å². The molecule has 0 bridgehead atoms. The first-order valence-corrected chi connectivity index (χ1v) is 12.1. The van der Waals surface area contributed by atoms with Gasteiger partial charge in [0.1, 0.15) is 0 Å². The average molecular weight is 433 g/mol. The van der Waals surface area contributed by atoms with Crippen LogP contribution in [-0.2, 0) is 0 Å². The number of aromatic nitrogens is 2. The SMILES string of the molecule is CCCCCCCCCCCCNC(=O)Nc1cnc2ccc(-c3ccccc3)cc2n1. The van der Waals surface area contributed by atoms with Gasteiger partial charge in [0.25, 0.3) is 0 Å². The summed E-state index contributed by atoms with van der Waals surface area (Å²) in [6.45, 7) is 2.94. The molecule has 3 aromatic rings. The van der Waals surface area contributed by atoms with Gasteiger partial charge in [0.15, 0.2) is 5.82 Å². The van der Waals surface area contributed by atoms with E-state index < -0.39 is 0 Å². The molecule has 0 saturated heterocycles. The van der Waals surface area contributed by atoms with Crippen molar-refractivity contribution in [3.8, 4) is 11.1 Å². The third-order valence-electron chi connectivity index (χ3n) is 5.71. The molecule has 0 aliphatic heterocycles. The van der Waals surface area contributed by atoms with E-state index in [2.05, 4.69) is 39.7 Å². The molecule has 0 aliphatic rings. The van der Waals surface area contributed by atoms with Crippen LogP contribution in [0.15, 0.2) is 54.7 Å². The van der Waals surface area contributed by atoms with E-state index >= 15 is 0 Å². The molecule has 2 N–H and O–H groups in total. The van der Waals surface area contributed by atoms with E-state index in [1.165, 1.54) is 51.4 Å². The zero-order valence-corrected chi connectivity index (χ0v) is 19.3. The standard InChI is InChI=1S/C27H36N4O/c1-2-3-4-5-6-7-8-9-10-14-19-28-27(32)31-26-21-29-24-18-17-23(20-25(24)30-26)22-15-12-11-13-16-22/h11-13,15-18,20-21H,2-10,14,19H2,1H3,(H2,28,30,31,32). The van der Waals surface area contributed by atoms with Crippen LogP contribution in [0.25, 0.3) is 22.2 Å². The van der Waals surface area contributed by atoms with Gasteiger partial charge in [-0.15, -0.1) is 0 Å². The summed E-state index contributed by atoms with van der Waals surface area (Å²) in [4.78, 5) is 21.2. The van der Waals surface area contributed by atoms with E-state index in [9.17, 15) is 4.79 Å². The Bertz CT molecular complexity index is 958. The summed E-state index contributed by atoms with van der Waals surface area (Å²) in [6.07, 6.45) is 14.4. The Kier molecular flexibility index (Phi) is 9.97. The molecule has 0 aliphatic carbocycles. The number of carbonyl (C=O) groups excluding carboxylic acids is 1. The number of carbonyl (C=O) groups is 1. The van der Waals surface area contributed by atoms with E-state index in [0.717, 1.165) is 35.0 Å². The number of anilines is 1. The third-order valence-corrected chi connectivity index (χ3v) is 5.71. The molecule has 1 aromatic heterocycles. The lowest BCUT2D eigenvalue weighted by Crippen LogP contribution is -2.29. The minimum atomic E-state index is -0.228. The first kappa shape index (κ1) is 23.7. The first-order valence-electron chi connectivity index (χ1n) is 12.1. The quantitative estimate of drug-likeness (QED) is 0.278. The number of nitrogens with one attached hydrogen (secondary N) is 2. The van der Waals surface area contributed by atoms with Crippen LogP contribution in [-0.4, -0.2) is 22.5 Å². The van der Waals surface area contributed by atoms with Gasteiger partial charge in [0.05, 0.1) is 17.2 Å². The van der Waals surface area contributed by atoms with E-state index in [4.69, 9.17) is 0 Å². The van der Waals surface area contributed by atoms with Crippen molar-refractivity contribution in [2.45, 2.75) is 71.1 Å². The maximum atomic E-state index is 12.2. The highest BCUT2D eigenvalue weighted by Gasteiger charge is 2.06. The van der Waals surface area contributed by atoms with Crippen molar-refractivity contribution >= 4 is 22.9 Å². The lowest BCUT2D eigenvalue weighted by atomic mass is 10.1. The van der Waals surface area contributed by atoms with Crippen molar-refractivity contribution in [1.29, 1.82) is 0 Å². The van der Waals surface area contributed by atoms with Gasteiger partial charge in [-0.2, -0.15) is 0 Å². The number of rotatable bonds is 13. The van der Waals surface area contributed by atoms with Gasteiger partial charge in [-0.25, -0.2) is 9.78 Å². The second kappa shape index (κ2) is 13.5. The molecule has 0 unspecified atom stereocenters. The number of fused-ring (bicyclic) bond motifs is 1. The van der Waals surface area contributed by atoms with E-state index in [1.54, 1.807) is 6.20 Å². The van der Waals surface area contributed by atoms with Crippen LogP contribution in [0, 0.1) is 0 Å². The molecule has 2 amide bonds. The van der Waals surface area contributed by atoms with Crippen LogP contribution in [0.4, 0.5) is 10.6 Å². The Balaban J connectivity index is 1.37. The van der Waals surface area contributed by atoms with Crippen molar-refractivity contribution in [2.24, 2.45) is 0 Å². The molecule has 170 valence electrons. The normalized spacial score (nSPS) is 10.9. The number of nitrogens with zero attached hydrogens (tertiary/aromatic N) is 2. The molecule has 0 spiro atoms. The molecule has 2 aromatic carbocycles. The van der Waals surface area contributed by atoms with Crippen molar-refractivity contribution < 1.29 is 4.79 Å². The van der Waals surface area contributed by atoms with Gasteiger partial charge in [0.2, 0.25) is 0 Å². The smallest absolute Gasteiger partial charge is 0.320 e. The van der Waals surface area contributed by atoms with Crippen molar-refractivity contribution in [3.63, 3.8) is 0 Å². The summed E-state index contributed by atoms with van der Waals surface area (Å²) in [6, 6.07) is 15.9. The van der Waals surface area contributed by atoms with E-state index in [1.807, 2.05) is 36.4 Å². The predicted molar refractivity (Wildman–Crippen MR) is 134 cm³/mol.